The first-order chi connectivity index (χ1) is 9.06. The Morgan fingerprint density at radius 1 is 1.21 bits per heavy atom. The van der Waals surface area contributed by atoms with Crippen LogP contribution >= 0.6 is 11.6 Å². The molecule has 0 aromatic carbocycles. The Labute approximate surface area is 121 Å². The van der Waals surface area contributed by atoms with Gasteiger partial charge >= 0.3 is 0 Å². The molecule has 1 aliphatic rings. The fraction of sp³-hybridized carbons (Fsp3) is 0.733. The van der Waals surface area contributed by atoms with Gasteiger partial charge in [-0.2, -0.15) is 0 Å². The highest BCUT2D eigenvalue weighted by molar-refractivity contribution is 6.31. The molecular formula is C15H24ClN3. The van der Waals surface area contributed by atoms with Crippen LogP contribution in [0.2, 0.25) is 5.15 Å². The number of hydrogen-bond donors (Lipinski definition) is 1. The first-order valence-electron chi connectivity index (χ1n) is 7.31. The van der Waals surface area contributed by atoms with E-state index in [0.717, 1.165) is 35.6 Å². The zero-order valence-electron chi connectivity index (χ0n) is 12.2. The Balaban J connectivity index is 1.84. The third-order valence-electron chi connectivity index (χ3n) is 4.15. The van der Waals surface area contributed by atoms with Crippen molar-refractivity contribution in [1.82, 2.24) is 9.97 Å². The Morgan fingerprint density at radius 2 is 1.95 bits per heavy atom. The van der Waals surface area contributed by atoms with Gasteiger partial charge in [-0.15, -0.1) is 0 Å². The van der Waals surface area contributed by atoms with Gasteiger partial charge in [0.15, 0.2) is 11.0 Å². The molecule has 1 aromatic rings. The summed E-state index contributed by atoms with van der Waals surface area (Å²) in [5.74, 6) is 2.48. The highest BCUT2D eigenvalue weighted by Crippen LogP contribution is 2.30. The summed E-state index contributed by atoms with van der Waals surface area (Å²) in [6.07, 6.45) is 6.73. The molecule has 0 amide bonds. The number of anilines is 1. The van der Waals surface area contributed by atoms with Crippen LogP contribution in [0.4, 0.5) is 5.82 Å². The maximum Gasteiger partial charge on any atom is 0.171 e. The number of nitrogens with zero attached hydrogens (tertiary/aromatic N) is 2. The lowest BCUT2D eigenvalue weighted by molar-refractivity contribution is 0.274. The molecular weight excluding hydrogens is 258 g/mol. The first kappa shape index (κ1) is 14.6. The van der Waals surface area contributed by atoms with Crippen molar-refractivity contribution in [3.05, 3.63) is 16.5 Å². The summed E-state index contributed by atoms with van der Waals surface area (Å²) in [4.78, 5) is 8.76. The van der Waals surface area contributed by atoms with Gasteiger partial charge in [0.1, 0.15) is 0 Å². The van der Waals surface area contributed by atoms with Crippen molar-refractivity contribution in [3.8, 4) is 0 Å². The molecule has 0 spiro atoms. The fourth-order valence-corrected chi connectivity index (χ4v) is 3.14. The van der Waals surface area contributed by atoms with Crippen LogP contribution in [0.15, 0.2) is 0 Å². The Morgan fingerprint density at radius 3 is 2.68 bits per heavy atom. The molecule has 2 rings (SSSR count). The molecule has 1 aliphatic carbocycles. The monoisotopic (exact) mass is 281 g/mol. The second-order valence-electron chi connectivity index (χ2n) is 5.89. The van der Waals surface area contributed by atoms with Gasteiger partial charge in [0.05, 0.1) is 11.4 Å². The third-order valence-corrected chi connectivity index (χ3v) is 4.42. The number of nitrogens with one attached hydrogen (secondary N) is 1. The van der Waals surface area contributed by atoms with E-state index >= 15 is 0 Å². The van der Waals surface area contributed by atoms with Crippen LogP contribution in [0.3, 0.4) is 0 Å². The molecule has 0 bridgehead atoms. The maximum atomic E-state index is 6.11. The molecule has 2 unspecified atom stereocenters. The summed E-state index contributed by atoms with van der Waals surface area (Å²) in [5.41, 5.74) is 1.84. The highest BCUT2D eigenvalue weighted by Gasteiger charge is 2.18. The summed E-state index contributed by atoms with van der Waals surface area (Å²) in [7, 11) is 0. The third kappa shape index (κ3) is 4.07. The van der Waals surface area contributed by atoms with Crippen molar-refractivity contribution >= 4 is 17.4 Å². The van der Waals surface area contributed by atoms with E-state index < -0.39 is 0 Å². The molecule has 0 radical (unpaired) electrons. The van der Waals surface area contributed by atoms with E-state index in [-0.39, 0.29) is 0 Å². The minimum atomic E-state index is 0.486. The second-order valence-corrected chi connectivity index (χ2v) is 6.25. The van der Waals surface area contributed by atoms with E-state index in [1.165, 1.54) is 32.1 Å². The fourth-order valence-electron chi connectivity index (χ4n) is 2.90. The molecule has 0 saturated heterocycles. The molecule has 1 heterocycles. The number of aryl methyl sites for hydroxylation is 2. The average Bonchev–Trinajstić information content (AvgIpc) is 2.35. The zero-order chi connectivity index (χ0) is 13.8. The summed E-state index contributed by atoms with van der Waals surface area (Å²) in [6.45, 7) is 7.20. The first-order valence-corrected chi connectivity index (χ1v) is 7.68. The lowest BCUT2D eigenvalue weighted by atomic mass is 9.81. The van der Waals surface area contributed by atoms with Crippen molar-refractivity contribution in [1.29, 1.82) is 0 Å². The molecule has 2 atom stereocenters. The Bertz CT molecular complexity index is 434. The number of hydrogen-bond acceptors (Lipinski definition) is 3. The van der Waals surface area contributed by atoms with Crippen molar-refractivity contribution in [3.63, 3.8) is 0 Å². The number of rotatable bonds is 4. The minimum absolute atomic E-state index is 0.486. The molecule has 1 saturated carbocycles. The Kier molecular flexibility index (Phi) is 5.03. The average molecular weight is 282 g/mol. The van der Waals surface area contributed by atoms with Crippen molar-refractivity contribution < 1.29 is 0 Å². The van der Waals surface area contributed by atoms with Gasteiger partial charge in [-0.25, -0.2) is 9.97 Å². The van der Waals surface area contributed by atoms with Gasteiger partial charge in [0, 0.05) is 6.54 Å². The molecule has 1 fully saturated rings. The molecule has 3 nitrogen and oxygen atoms in total. The largest absolute Gasteiger partial charge is 0.367 e. The standard InChI is InChI=1S/C15H24ClN3/c1-10-5-4-6-13(9-10)7-8-17-15-14(16)18-11(2)12(3)19-15/h10,13H,4-9H2,1-3H3,(H,17,19). The van der Waals surface area contributed by atoms with Crippen molar-refractivity contribution in [2.45, 2.75) is 52.9 Å². The van der Waals surface area contributed by atoms with Crippen LogP contribution in [-0.2, 0) is 0 Å². The molecule has 4 heteroatoms. The number of halogens is 1. The summed E-state index contributed by atoms with van der Waals surface area (Å²) in [5, 5.41) is 3.82. The predicted octanol–water partition coefficient (Wildman–Crippen LogP) is 4.38. The summed E-state index contributed by atoms with van der Waals surface area (Å²) < 4.78 is 0. The van der Waals surface area contributed by atoms with Gasteiger partial charge in [-0.05, 0) is 38.5 Å². The van der Waals surface area contributed by atoms with Gasteiger partial charge < -0.3 is 5.32 Å². The van der Waals surface area contributed by atoms with E-state index in [9.17, 15) is 0 Å². The van der Waals surface area contributed by atoms with E-state index in [1.54, 1.807) is 0 Å². The van der Waals surface area contributed by atoms with Crippen molar-refractivity contribution in [2.24, 2.45) is 11.8 Å². The lowest BCUT2D eigenvalue weighted by Gasteiger charge is -2.26. The zero-order valence-corrected chi connectivity index (χ0v) is 12.9. The van der Waals surface area contributed by atoms with Crippen LogP contribution in [0.25, 0.3) is 0 Å². The molecule has 1 aromatic heterocycles. The van der Waals surface area contributed by atoms with Crippen LogP contribution in [0, 0.1) is 25.7 Å². The normalized spacial score (nSPS) is 23.4. The quantitative estimate of drug-likeness (QED) is 0.890. The van der Waals surface area contributed by atoms with E-state index in [1.807, 2.05) is 13.8 Å². The van der Waals surface area contributed by atoms with Crippen LogP contribution < -0.4 is 5.32 Å². The SMILES string of the molecule is Cc1nc(Cl)c(NCCC2CCCC(C)C2)nc1C. The van der Waals surface area contributed by atoms with Gasteiger partial charge in [-0.1, -0.05) is 37.8 Å². The number of aromatic nitrogens is 2. The summed E-state index contributed by atoms with van der Waals surface area (Å²) >= 11 is 6.11. The topological polar surface area (TPSA) is 37.8 Å². The second kappa shape index (κ2) is 6.56. The van der Waals surface area contributed by atoms with E-state index in [0.29, 0.717) is 5.15 Å². The molecule has 1 N–H and O–H groups in total. The summed E-state index contributed by atoms with van der Waals surface area (Å²) in [6, 6.07) is 0. The van der Waals surface area contributed by atoms with Crippen LogP contribution in [0.5, 0.6) is 0 Å². The Hall–Kier alpha value is -0.830. The lowest BCUT2D eigenvalue weighted by Crippen LogP contribution is -2.17. The minimum Gasteiger partial charge on any atom is -0.367 e. The van der Waals surface area contributed by atoms with Crippen molar-refractivity contribution in [2.75, 3.05) is 11.9 Å². The molecule has 19 heavy (non-hydrogen) atoms. The predicted molar refractivity (Wildman–Crippen MR) is 80.7 cm³/mol. The smallest absolute Gasteiger partial charge is 0.171 e. The van der Waals surface area contributed by atoms with Crippen LogP contribution in [-0.4, -0.2) is 16.5 Å². The van der Waals surface area contributed by atoms with Crippen LogP contribution in [0.1, 0.15) is 50.4 Å². The molecule has 0 aliphatic heterocycles. The molecule has 106 valence electrons. The van der Waals surface area contributed by atoms with Gasteiger partial charge in [0.25, 0.3) is 0 Å². The van der Waals surface area contributed by atoms with E-state index in [4.69, 9.17) is 11.6 Å². The maximum absolute atomic E-state index is 6.11. The van der Waals surface area contributed by atoms with E-state index in [2.05, 4.69) is 22.2 Å². The van der Waals surface area contributed by atoms with Gasteiger partial charge in [-0.3, -0.25) is 0 Å². The highest BCUT2D eigenvalue weighted by atomic mass is 35.5. The van der Waals surface area contributed by atoms with Gasteiger partial charge in [0.2, 0.25) is 0 Å².